The van der Waals surface area contributed by atoms with E-state index in [-0.39, 0.29) is 11.8 Å². The number of nitrogens with one attached hydrogen (secondary N) is 1. The van der Waals surface area contributed by atoms with Crippen molar-refractivity contribution in [3.63, 3.8) is 0 Å². The third kappa shape index (κ3) is 4.98. The molecule has 1 aromatic carbocycles. The summed E-state index contributed by atoms with van der Waals surface area (Å²) in [5, 5.41) is 12.1. The van der Waals surface area contributed by atoms with Crippen molar-refractivity contribution in [2.45, 2.75) is 52.4 Å². The van der Waals surface area contributed by atoms with E-state index < -0.39 is 11.9 Å². The number of carbonyl (C=O) groups is 2. The molecule has 132 valence electrons. The van der Waals surface area contributed by atoms with Gasteiger partial charge in [0, 0.05) is 11.6 Å². The summed E-state index contributed by atoms with van der Waals surface area (Å²) in [5.41, 5.74) is 1.71. The molecular weight excluding hydrogens is 306 g/mol. The average Bonchev–Trinajstić information content (AvgIpc) is 2.57. The van der Waals surface area contributed by atoms with Crippen molar-refractivity contribution in [2.24, 2.45) is 11.8 Å². The molecule has 0 spiro atoms. The third-order valence-corrected chi connectivity index (χ3v) is 4.62. The number of benzene rings is 1. The maximum absolute atomic E-state index is 12.4. The van der Waals surface area contributed by atoms with E-state index in [1.807, 2.05) is 25.1 Å². The van der Waals surface area contributed by atoms with E-state index in [1.54, 1.807) is 0 Å². The van der Waals surface area contributed by atoms with Crippen LogP contribution in [0.2, 0.25) is 0 Å². The molecule has 0 aromatic heterocycles. The number of hydrogen-bond donors (Lipinski definition) is 2. The topological polar surface area (TPSA) is 75.6 Å². The van der Waals surface area contributed by atoms with E-state index >= 15 is 0 Å². The van der Waals surface area contributed by atoms with Gasteiger partial charge in [0.15, 0.2) is 0 Å². The Hall–Kier alpha value is -2.04. The first-order valence-electron chi connectivity index (χ1n) is 8.78. The number of hydrogen-bond acceptors (Lipinski definition) is 3. The van der Waals surface area contributed by atoms with Gasteiger partial charge in [-0.15, -0.1) is 0 Å². The molecule has 1 fully saturated rings. The van der Waals surface area contributed by atoms with Crippen LogP contribution in [0.15, 0.2) is 18.2 Å². The summed E-state index contributed by atoms with van der Waals surface area (Å²) in [4.78, 5) is 23.6. The normalized spacial score (nSPS) is 20.4. The molecule has 2 atom stereocenters. The van der Waals surface area contributed by atoms with Gasteiger partial charge in [0.05, 0.1) is 12.5 Å². The molecule has 2 unspecified atom stereocenters. The fourth-order valence-electron chi connectivity index (χ4n) is 3.09. The molecule has 0 saturated heterocycles. The zero-order chi connectivity index (χ0) is 17.5. The molecule has 1 aliphatic carbocycles. The molecule has 0 radical (unpaired) electrons. The zero-order valence-corrected chi connectivity index (χ0v) is 14.5. The van der Waals surface area contributed by atoms with Gasteiger partial charge in [0.2, 0.25) is 5.91 Å². The Bertz CT molecular complexity index is 585. The largest absolute Gasteiger partial charge is 0.494 e. The second-order valence-corrected chi connectivity index (χ2v) is 6.57. The van der Waals surface area contributed by atoms with Crippen LogP contribution in [-0.4, -0.2) is 23.6 Å². The molecule has 2 N–H and O–H groups in total. The van der Waals surface area contributed by atoms with Crippen molar-refractivity contribution in [3.8, 4) is 5.75 Å². The Morgan fingerprint density at radius 2 is 2.04 bits per heavy atom. The number of aryl methyl sites for hydroxylation is 1. The van der Waals surface area contributed by atoms with Gasteiger partial charge in [-0.25, -0.2) is 0 Å². The summed E-state index contributed by atoms with van der Waals surface area (Å²) >= 11 is 0. The lowest BCUT2D eigenvalue weighted by atomic mass is 9.81. The van der Waals surface area contributed by atoms with Crippen LogP contribution in [0.3, 0.4) is 0 Å². The van der Waals surface area contributed by atoms with Crippen molar-refractivity contribution in [3.05, 3.63) is 23.8 Å². The SMILES string of the molecule is CCCCOc1ccc(NC(=O)C2CCCC(C(=O)O)C2)c(C)c1. The Kier molecular flexibility index (Phi) is 6.64. The highest BCUT2D eigenvalue weighted by Crippen LogP contribution is 2.31. The Balaban J connectivity index is 1.94. The number of anilines is 1. The number of carboxylic acid groups (broad SMARTS) is 1. The summed E-state index contributed by atoms with van der Waals surface area (Å²) in [5.74, 6) is -0.687. The van der Waals surface area contributed by atoms with E-state index in [1.165, 1.54) is 0 Å². The van der Waals surface area contributed by atoms with Crippen molar-refractivity contribution in [1.29, 1.82) is 0 Å². The van der Waals surface area contributed by atoms with Crippen LogP contribution in [0.25, 0.3) is 0 Å². The van der Waals surface area contributed by atoms with Crippen molar-refractivity contribution >= 4 is 17.6 Å². The van der Waals surface area contributed by atoms with Crippen molar-refractivity contribution < 1.29 is 19.4 Å². The van der Waals surface area contributed by atoms with Crippen LogP contribution in [0.4, 0.5) is 5.69 Å². The number of amides is 1. The molecule has 1 amide bonds. The standard InChI is InChI=1S/C19H27NO4/c1-3-4-10-24-16-8-9-17(13(2)11-16)20-18(21)14-6-5-7-15(12-14)19(22)23/h8-9,11,14-15H,3-7,10,12H2,1-2H3,(H,20,21)(H,22,23). The molecule has 5 heteroatoms. The number of carboxylic acids is 1. The van der Waals surface area contributed by atoms with Crippen LogP contribution in [-0.2, 0) is 9.59 Å². The molecule has 5 nitrogen and oxygen atoms in total. The summed E-state index contributed by atoms with van der Waals surface area (Å²) in [6.45, 7) is 4.75. The van der Waals surface area contributed by atoms with Crippen LogP contribution in [0.1, 0.15) is 51.0 Å². The molecule has 1 aromatic rings. The van der Waals surface area contributed by atoms with Gasteiger partial charge in [-0.1, -0.05) is 19.8 Å². The van der Waals surface area contributed by atoms with E-state index in [0.717, 1.165) is 42.7 Å². The Labute approximate surface area is 143 Å². The lowest BCUT2D eigenvalue weighted by Crippen LogP contribution is -2.31. The quantitative estimate of drug-likeness (QED) is 0.739. The maximum atomic E-state index is 12.4. The van der Waals surface area contributed by atoms with Gasteiger partial charge in [-0.2, -0.15) is 0 Å². The highest BCUT2D eigenvalue weighted by Gasteiger charge is 2.31. The number of carbonyl (C=O) groups excluding carboxylic acids is 1. The summed E-state index contributed by atoms with van der Waals surface area (Å²) in [7, 11) is 0. The van der Waals surface area contributed by atoms with E-state index in [2.05, 4.69) is 12.2 Å². The van der Waals surface area contributed by atoms with E-state index in [0.29, 0.717) is 19.4 Å². The van der Waals surface area contributed by atoms with Crippen molar-refractivity contribution in [2.75, 3.05) is 11.9 Å². The summed E-state index contributed by atoms with van der Waals surface area (Å²) in [6.07, 6.45) is 4.75. The fourth-order valence-corrected chi connectivity index (χ4v) is 3.09. The first kappa shape index (κ1) is 18.3. The molecule has 1 saturated carbocycles. The number of unbranched alkanes of at least 4 members (excludes halogenated alkanes) is 1. The van der Waals surface area contributed by atoms with Crippen LogP contribution in [0.5, 0.6) is 5.75 Å². The van der Waals surface area contributed by atoms with Crippen molar-refractivity contribution in [1.82, 2.24) is 0 Å². The molecule has 1 aliphatic rings. The van der Waals surface area contributed by atoms with Crippen LogP contribution >= 0.6 is 0 Å². The first-order chi connectivity index (χ1) is 11.5. The summed E-state index contributed by atoms with van der Waals surface area (Å²) < 4.78 is 5.67. The minimum atomic E-state index is -0.794. The Morgan fingerprint density at radius 3 is 2.71 bits per heavy atom. The maximum Gasteiger partial charge on any atom is 0.306 e. The van der Waals surface area contributed by atoms with E-state index in [9.17, 15) is 9.59 Å². The lowest BCUT2D eigenvalue weighted by Gasteiger charge is -2.26. The van der Waals surface area contributed by atoms with Crippen LogP contribution < -0.4 is 10.1 Å². The molecular formula is C19H27NO4. The average molecular weight is 333 g/mol. The Morgan fingerprint density at radius 1 is 1.29 bits per heavy atom. The zero-order valence-electron chi connectivity index (χ0n) is 14.5. The van der Waals surface area contributed by atoms with Gasteiger partial charge in [-0.05, 0) is 56.4 Å². The third-order valence-electron chi connectivity index (χ3n) is 4.62. The highest BCUT2D eigenvalue weighted by molar-refractivity contribution is 5.93. The van der Waals surface area contributed by atoms with E-state index in [4.69, 9.17) is 9.84 Å². The molecule has 0 heterocycles. The first-order valence-corrected chi connectivity index (χ1v) is 8.78. The summed E-state index contributed by atoms with van der Waals surface area (Å²) in [6, 6.07) is 5.64. The van der Waals surface area contributed by atoms with Gasteiger partial charge in [-0.3, -0.25) is 9.59 Å². The van der Waals surface area contributed by atoms with Crippen LogP contribution in [0, 0.1) is 18.8 Å². The smallest absolute Gasteiger partial charge is 0.306 e. The number of aliphatic carboxylic acids is 1. The van der Waals surface area contributed by atoms with Gasteiger partial charge >= 0.3 is 5.97 Å². The minimum Gasteiger partial charge on any atom is -0.494 e. The lowest BCUT2D eigenvalue weighted by molar-refractivity contribution is -0.143. The second-order valence-electron chi connectivity index (χ2n) is 6.57. The number of rotatable bonds is 7. The fraction of sp³-hybridized carbons (Fsp3) is 0.579. The van der Waals surface area contributed by atoms with Gasteiger partial charge in [0.25, 0.3) is 0 Å². The predicted octanol–water partition coefficient (Wildman–Crippen LogP) is 4.00. The number of ether oxygens (including phenoxy) is 1. The predicted molar refractivity (Wildman–Crippen MR) is 93.3 cm³/mol. The monoisotopic (exact) mass is 333 g/mol. The van der Waals surface area contributed by atoms with Gasteiger partial charge < -0.3 is 15.2 Å². The molecule has 0 bridgehead atoms. The molecule has 0 aliphatic heterocycles. The molecule has 24 heavy (non-hydrogen) atoms. The minimum absolute atomic E-state index is 0.0799. The second kappa shape index (κ2) is 8.71. The molecule has 2 rings (SSSR count). The van der Waals surface area contributed by atoms with Gasteiger partial charge in [0.1, 0.15) is 5.75 Å². The highest BCUT2D eigenvalue weighted by atomic mass is 16.5.